The molecule has 0 unspecified atom stereocenters. The molecule has 0 amide bonds. The quantitative estimate of drug-likeness (QED) is 0.178. The Hall–Kier alpha value is -6.18. The lowest BCUT2D eigenvalue weighted by Gasteiger charge is -2.16. The molecule has 0 saturated heterocycles. The van der Waals surface area contributed by atoms with Gasteiger partial charge in [-0.3, -0.25) is 0 Å². The van der Waals surface area contributed by atoms with Crippen molar-refractivity contribution < 1.29 is 0 Å². The highest BCUT2D eigenvalue weighted by molar-refractivity contribution is 6.27. The van der Waals surface area contributed by atoms with Crippen LogP contribution >= 0.6 is 0 Å². The predicted molar refractivity (Wildman–Crippen MR) is 201 cm³/mol. The van der Waals surface area contributed by atoms with Gasteiger partial charge in [-0.2, -0.15) is 0 Å². The van der Waals surface area contributed by atoms with Crippen LogP contribution in [-0.2, 0) is 0 Å². The molecule has 1 aromatic heterocycles. The zero-order valence-corrected chi connectivity index (χ0v) is 25.7. The first kappa shape index (κ1) is 26.1. The average Bonchev–Trinajstić information content (AvgIpc) is 3.49. The second kappa shape index (κ2) is 10.2. The molecule has 47 heavy (non-hydrogen) atoms. The molecule has 10 aromatic rings. The van der Waals surface area contributed by atoms with E-state index >= 15 is 0 Å². The van der Waals surface area contributed by atoms with Gasteiger partial charge < -0.3 is 4.57 Å². The smallest absolute Gasteiger partial charge is 0.0541 e. The third-order valence-corrected chi connectivity index (χ3v) is 9.98. The van der Waals surface area contributed by atoms with Gasteiger partial charge in [0, 0.05) is 16.5 Å². The molecule has 0 aliphatic heterocycles. The van der Waals surface area contributed by atoms with Gasteiger partial charge in [0.15, 0.2) is 0 Å². The van der Waals surface area contributed by atoms with E-state index in [-0.39, 0.29) is 0 Å². The van der Waals surface area contributed by atoms with Crippen LogP contribution in [0.25, 0.3) is 93.2 Å². The van der Waals surface area contributed by atoms with Crippen LogP contribution in [0.3, 0.4) is 0 Å². The average molecular weight is 596 g/mol. The Bertz CT molecular complexity index is 2700. The van der Waals surface area contributed by atoms with E-state index in [1.165, 1.54) is 93.2 Å². The standard InChI is InChI=1S/C46H29N/c1-2-8-32(9-3-1)37-26-20-34-23-29-42-38(27-21-35-22-28-41(37)45(34)46(35)42)33-16-14-30(15-17-33)31-18-24-36(25-19-31)47-43-12-6-4-10-39(43)40-11-5-7-13-44(40)47/h1-29H. The molecule has 0 bridgehead atoms. The Morgan fingerprint density at radius 2 is 0.702 bits per heavy atom. The SMILES string of the molecule is c1ccc(-c2ccc3ccc4c(-c5ccc(-c6ccc(-n7c8ccccc8c8ccccc87)cc6)cc5)ccc5ccc2c3c54)cc1. The molecule has 0 spiro atoms. The molecule has 1 heteroatoms. The third-order valence-electron chi connectivity index (χ3n) is 9.98. The molecule has 218 valence electrons. The summed E-state index contributed by atoms with van der Waals surface area (Å²) < 4.78 is 2.37. The zero-order chi connectivity index (χ0) is 30.9. The van der Waals surface area contributed by atoms with Crippen molar-refractivity contribution in [3.05, 3.63) is 176 Å². The molecule has 0 aliphatic rings. The Kier molecular flexibility index (Phi) is 5.64. The van der Waals surface area contributed by atoms with Gasteiger partial charge in [0.2, 0.25) is 0 Å². The number of aromatic nitrogens is 1. The van der Waals surface area contributed by atoms with Crippen molar-refractivity contribution in [1.29, 1.82) is 0 Å². The Labute approximate surface area is 272 Å². The molecule has 9 aromatic carbocycles. The zero-order valence-electron chi connectivity index (χ0n) is 25.7. The number of fused-ring (bicyclic) bond motifs is 3. The molecule has 1 heterocycles. The lowest BCUT2D eigenvalue weighted by atomic mass is 9.87. The van der Waals surface area contributed by atoms with E-state index in [2.05, 4.69) is 180 Å². The Balaban J connectivity index is 1.04. The maximum atomic E-state index is 2.37. The van der Waals surface area contributed by atoms with Gasteiger partial charge in [-0.25, -0.2) is 0 Å². The fourth-order valence-electron chi connectivity index (χ4n) is 7.77. The maximum absolute atomic E-state index is 2.37. The van der Waals surface area contributed by atoms with Gasteiger partial charge in [-0.15, -0.1) is 0 Å². The minimum Gasteiger partial charge on any atom is -0.309 e. The summed E-state index contributed by atoms with van der Waals surface area (Å²) in [5, 5.41) is 10.4. The van der Waals surface area contributed by atoms with Crippen molar-refractivity contribution in [2.75, 3.05) is 0 Å². The van der Waals surface area contributed by atoms with E-state index in [1.54, 1.807) is 0 Å². The summed E-state index contributed by atoms with van der Waals surface area (Å²) in [5.41, 5.74) is 11.1. The van der Waals surface area contributed by atoms with Crippen LogP contribution in [0.4, 0.5) is 0 Å². The first-order valence-electron chi connectivity index (χ1n) is 16.3. The Morgan fingerprint density at radius 1 is 0.277 bits per heavy atom. The fraction of sp³-hybridized carbons (Fsp3) is 0. The molecule has 0 radical (unpaired) electrons. The third kappa shape index (κ3) is 3.97. The molecule has 0 atom stereocenters. The Morgan fingerprint density at radius 3 is 1.26 bits per heavy atom. The van der Waals surface area contributed by atoms with Crippen LogP contribution in [0.5, 0.6) is 0 Å². The topological polar surface area (TPSA) is 4.93 Å². The second-order valence-electron chi connectivity index (χ2n) is 12.5. The molecular formula is C46H29N. The minimum absolute atomic E-state index is 1.17. The van der Waals surface area contributed by atoms with Crippen LogP contribution in [0.15, 0.2) is 176 Å². The lowest BCUT2D eigenvalue weighted by molar-refractivity contribution is 1.18. The summed E-state index contributed by atoms with van der Waals surface area (Å²) in [7, 11) is 0. The fourth-order valence-corrected chi connectivity index (χ4v) is 7.77. The van der Waals surface area contributed by atoms with Gasteiger partial charge in [0.05, 0.1) is 11.0 Å². The first-order chi connectivity index (χ1) is 23.3. The van der Waals surface area contributed by atoms with Crippen LogP contribution in [0.1, 0.15) is 0 Å². The first-order valence-corrected chi connectivity index (χ1v) is 16.3. The van der Waals surface area contributed by atoms with E-state index < -0.39 is 0 Å². The maximum Gasteiger partial charge on any atom is 0.0541 e. The number of benzene rings is 9. The van der Waals surface area contributed by atoms with Crippen molar-refractivity contribution in [1.82, 2.24) is 4.57 Å². The van der Waals surface area contributed by atoms with Gasteiger partial charge in [-0.1, -0.05) is 152 Å². The van der Waals surface area contributed by atoms with Crippen LogP contribution < -0.4 is 0 Å². The molecule has 0 aliphatic carbocycles. The summed E-state index contributed by atoms with van der Waals surface area (Å²) >= 11 is 0. The minimum atomic E-state index is 1.17. The van der Waals surface area contributed by atoms with Gasteiger partial charge in [0.1, 0.15) is 0 Å². The van der Waals surface area contributed by atoms with Crippen LogP contribution in [-0.4, -0.2) is 4.57 Å². The molecule has 0 saturated carbocycles. The van der Waals surface area contributed by atoms with E-state index in [4.69, 9.17) is 0 Å². The largest absolute Gasteiger partial charge is 0.309 e. The lowest BCUT2D eigenvalue weighted by Crippen LogP contribution is -1.93. The van der Waals surface area contributed by atoms with E-state index in [9.17, 15) is 0 Å². The highest BCUT2D eigenvalue weighted by Gasteiger charge is 2.15. The van der Waals surface area contributed by atoms with E-state index in [0.717, 1.165) is 0 Å². The van der Waals surface area contributed by atoms with Crippen LogP contribution in [0, 0.1) is 0 Å². The normalized spacial score (nSPS) is 11.8. The second-order valence-corrected chi connectivity index (χ2v) is 12.5. The summed E-state index contributed by atoms with van der Waals surface area (Å²) in [5.74, 6) is 0. The number of nitrogens with zero attached hydrogens (tertiary/aromatic N) is 1. The molecule has 0 fully saturated rings. The monoisotopic (exact) mass is 595 g/mol. The molecule has 10 rings (SSSR count). The van der Waals surface area contributed by atoms with E-state index in [0.29, 0.717) is 0 Å². The van der Waals surface area contributed by atoms with Gasteiger partial charge in [-0.05, 0) is 90.0 Å². The molecule has 0 N–H and O–H groups in total. The summed E-state index contributed by atoms with van der Waals surface area (Å²) in [6.07, 6.45) is 0. The van der Waals surface area contributed by atoms with E-state index in [1.807, 2.05) is 0 Å². The number of para-hydroxylation sites is 2. The van der Waals surface area contributed by atoms with Gasteiger partial charge in [0.25, 0.3) is 0 Å². The highest BCUT2D eigenvalue weighted by Crippen LogP contribution is 2.42. The summed E-state index contributed by atoms with van der Waals surface area (Å²) in [6, 6.07) is 64.4. The van der Waals surface area contributed by atoms with Crippen molar-refractivity contribution in [2.45, 2.75) is 0 Å². The highest BCUT2D eigenvalue weighted by atomic mass is 15.0. The molecule has 1 nitrogen and oxygen atoms in total. The molecular weight excluding hydrogens is 567 g/mol. The summed E-state index contributed by atoms with van der Waals surface area (Å²) in [4.78, 5) is 0. The summed E-state index contributed by atoms with van der Waals surface area (Å²) in [6.45, 7) is 0. The predicted octanol–water partition coefficient (Wildman–Crippen LogP) is 12.7. The van der Waals surface area contributed by atoms with Crippen molar-refractivity contribution in [3.63, 3.8) is 0 Å². The van der Waals surface area contributed by atoms with Crippen LogP contribution in [0.2, 0.25) is 0 Å². The number of hydrogen-bond acceptors (Lipinski definition) is 0. The van der Waals surface area contributed by atoms with Gasteiger partial charge >= 0.3 is 0 Å². The van der Waals surface area contributed by atoms with Crippen molar-refractivity contribution in [2.24, 2.45) is 0 Å². The van der Waals surface area contributed by atoms with Crippen molar-refractivity contribution in [3.8, 4) is 39.1 Å². The number of rotatable bonds is 4. The van der Waals surface area contributed by atoms with Crippen molar-refractivity contribution >= 4 is 54.1 Å². The number of hydrogen-bond donors (Lipinski definition) is 0.